The van der Waals surface area contributed by atoms with Gasteiger partial charge < -0.3 is 10.5 Å². The second-order valence-electron chi connectivity index (χ2n) is 6.81. The number of primary amides is 1. The lowest BCUT2D eigenvalue weighted by Gasteiger charge is -2.24. The van der Waals surface area contributed by atoms with E-state index in [2.05, 4.69) is 4.74 Å². The number of halogens is 3. The van der Waals surface area contributed by atoms with E-state index in [1.165, 1.54) is 12.1 Å². The third kappa shape index (κ3) is 4.97. The smallest absolute Gasteiger partial charge is 0.406 e. The number of sulfonamides is 1. The van der Waals surface area contributed by atoms with E-state index in [-0.39, 0.29) is 15.6 Å². The lowest BCUT2D eigenvalue weighted by Crippen LogP contribution is -2.48. The van der Waals surface area contributed by atoms with Crippen LogP contribution in [0.5, 0.6) is 5.75 Å². The van der Waals surface area contributed by atoms with Gasteiger partial charge in [-0.15, -0.1) is 13.2 Å². The molecule has 1 aliphatic heterocycles. The molecule has 0 saturated heterocycles. The van der Waals surface area contributed by atoms with Gasteiger partial charge in [0.25, 0.3) is 21.8 Å². The lowest BCUT2D eigenvalue weighted by molar-refractivity contribution is -0.274. The van der Waals surface area contributed by atoms with E-state index < -0.39 is 63.8 Å². The Bertz CT molecular complexity index is 1160. The number of hydroxylamine groups is 1. The molecule has 0 aromatic heterocycles. The van der Waals surface area contributed by atoms with Crippen molar-refractivity contribution in [2.75, 3.05) is 6.54 Å². The molecule has 3 rings (SSSR count). The molecule has 1 aliphatic rings. The van der Waals surface area contributed by atoms with E-state index in [0.29, 0.717) is 12.1 Å². The minimum absolute atomic E-state index is 0.132. The van der Waals surface area contributed by atoms with Gasteiger partial charge in [0.15, 0.2) is 0 Å². The number of fused-ring (bicyclic) bond motifs is 1. The van der Waals surface area contributed by atoms with E-state index in [1.807, 2.05) is 0 Å². The molecule has 0 aliphatic carbocycles. The number of nitrogens with zero attached hydrogens (tertiary/aromatic N) is 2. The predicted octanol–water partition coefficient (Wildman–Crippen LogP) is 1.51. The molecule has 0 saturated carbocycles. The van der Waals surface area contributed by atoms with Crippen molar-refractivity contribution in [2.45, 2.75) is 23.7 Å². The van der Waals surface area contributed by atoms with Crippen LogP contribution < -0.4 is 10.5 Å². The molecular weight excluding hydrogens is 471 g/mol. The summed E-state index contributed by atoms with van der Waals surface area (Å²) in [6.07, 6.45) is -5.53. The van der Waals surface area contributed by atoms with Crippen LogP contribution in [0.1, 0.15) is 27.1 Å². The number of amides is 3. The largest absolute Gasteiger partial charge is 0.573 e. The number of rotatable bonds is 8. The number of nitrogens with two attached hydrogens (primary N) is 1. The summed E-state index contributed by atoms with van der Waals surface area (Å²) < 4.78 is 65.3. The molecule has 2 aromatic carbocycles. The number of imide groups is 1. The number of hydrogen-bond donors (Lipinski definition) is 2. The second kappa shape index (κ2) is 8.80. The van der Waals surface area contributed by atoms with Crippen molar-refractivity contribution < 1.29 is 45.9 Å². The highest BCUT2D eigenvalue weighted by molar-refractivity contribution is 7.89. The average molecular weight is 487 g/mol. The van der Waals surface area contributed by atoms with Gasteiger partial charge in [0.1, 0.15) is 11.8 Å². The van der Waals surface area contributed by atoms with Gasteiger partial charge in [-0.1, -0.05) is 16.6 Å². The van der Waals surface area contributed by atoms with Gasteiger partial charge in [-0.05, 0) is 42.8 Å². The standard InChI is InChI=1S/C19H16F3N3O7S/c20-19(21,22)32-11-5-7-12(8-6-11)33(30,31)25(29)15(16(23)26)9-10-24-17(27)13-3-1-2-4-14(13)18(24)28/h1-8,15,29H,9-10H2,(H2,23,26). The summed E-state index contributed by atoms with van der Waals surface area (Å²) in [6, 6.07) is 6.92. The third-order valence-electron chi connectivity index (χ3n) is 4.70. The quantitative estimate of drug-likeness (QED) is 0.424. The predicted molar refractivity (Wildman–Crippen MR) is 103 cm³/mol. The van der Waals surface area contributed by atoms with Crippen LogP contribution in [0.25, 0.3) is 0 Å². The molecule has 3 N–H and O–H groups in total. The zero-order valence-corrected chi connectivity index (χ0v) is 17.3. The van der Waals surface area contributed by atoms with Crippen molar-refractivity contribution in [1.29, 1.82) is 0 Å². The molecule has 2 aromatic rings. The zero-order valence-electron chi connectivity index (χ0n) is 16.5. The Kier molecular flexibility index (Phi) is 6.44. The average Bonchev–Trinajstić information content (AvgIpc) is 2.97. The first-order valence-electron chi connectivity index (χ1n) is 9.16. The molecule has 0 bridgehead atoms. The zero-order chi connectivity index (χ0) is 24.6. The summed E-state index contributed by atoms with van der Waals surface area (Å²) in [5.41, 5.74) is 5.47. The number of ether oxygens (including phenoxy) is 1. The molecule has 176 valence electrons. The van der Waals surface area contributed by atoms with Gasteiger partial charge in [-0.2, -0.15) is 0 Å². The number of hydrogen-bond acceptors (Lipinski definition) is 7. The fourth-order valence-electron chi connectivity index (χ4n) is 3.14. The van der Waals surface area contributed by atoms with Gasteiger partial charge in [0, 0.05) is 6.54 Å². The molecule has 1 heterocycles. The Labute approximate surface area is 185 Å². The summed E-state index contributed by atoms with van der Waals surface area (Å²) in [6.45, 7) is -0.440. The van der Waals surface area contributed by atoms with Crippen LogP contribution in [0, 0.1) is 0 Å². The number of carbonyl (C=O) groups is 3. The van der Waals surface area contributed by atoms with E-state index in [9.17, 15) is 41.2 Å². The SMILES string of the molecule is NC(=O)C(CCN1C(=O)c2ccccc2C1=O)N(O)S(=O)(=O)c1ccc(OC(F)(F)F)cc1. The molecule has 1 unspecified atom stereocenters. The molecule has 3 amide bonds. The van der Waals surface area contributed by atoms with Crippen LogP contribution in [0.3, 0.4) is 0 Å². The van der Waals surface area contributed by atoms with E-state index >= 15 is 0 Å². The number of carbonyl (C=O) groups excluding carboxylic acids is 3. The van der Waals surface area contributed by atoms with E-state index in [4.69, 9.17) is 5.73 Å². The summed E-state index contributed by atoms with van der Waals surface area (Å²) in [5.74, 6) is -3.31. The lowest BCUT2D eigenvalue weighted by atomic mass is 10.1. The first-order chi connectivity index (χ1) is 15.3. The normalized spacial score (nSPS) is 15.0. The minimum Gasteiger partial charge on any atom is -0.406 e. The number of benzene rings is 2. The maximum atomic E-state index is 12.6. The van der Waals surface area contributed by atoms with Crippen molar-refractivity contribution in [1.82, 2.24) is 9.37 Å². The van der Waals surface area contributed by atoms with Crippen LogP contribution in [0.4, 0.5) is 13.2 Å². The van der Waals surface area contributed by atoms with Gasteiger partial charge in [-0.3, -0.25) is 24.5 Å². The molecule has 0 radical (unpaired) electrons. The second-order valence-corrected chi connectivity index (χ2v) is 8.61. The third-order valence-corrected chi connectivity index (χ3v) is 6.32. The first-order valence-corrected chi connectivity index (χ1v) is 10.6. The summed E-state index contributed by atoms with van der Waals surface area (Å²) in [7, 11) is -4.81. The van der Waals surface area contributed by atoms with Crippen LogP contribution >= 0.6 is 0 Å². The van der Waals surface area contributed by atoms with E-state index in [0.717, 1.165) is 17.0 Å². The van der Waals surface area contributed by atoms with Crippen molar-refractivity contribution in [3.63, 3.8) is 0 Å². The number of alkyl halides is 3. The van der Waals surface area contributed by atoms with Crippen molar-refractivity contribution in [3.8, 4) is 5.75 Å². The van der Waals surface area contributed by atoms with Gasteiger partial charge >= 0.3 is 6.36 Å². The highest BCUT2D eigenvalue weighted by Crippen LogP contribution is 2.27. The van der Waals surface area contributed by atoms with Gasteiger partial charge in [0.2, 0.25) is 5.91 Å². The molecule has 0 spiro atoms. The molecule has 33 heavy (non-hydrogen) atoms. The minimum atomic E-state index is -5.00. The Morgan fingerprint density at radius 1 is 1.06 bits per heavy atom. The monoisotopic (exact) mass is 487 g/mol. The van der Waals surface area contributed by atoms with Crippen molar-refractivity contribution in [2.24, 2.45) is 5.73 Å². The topological polar surface area (TPSA) is 147 Å². The van der Waals surface area contributed by atoms with Crippen LogP contribution in [-0.2, 0) is 14.8 Å². The molecule has 0 fully saturated rings. The molecule has 14 heteroatoms. The fourth-order valence-corrected chi connectivity index (χ4v) is 4.38. The Balaban J connectivity index is 1.76. The molecule has 1 atom stereocenters. The molecule has 10 nitrogen and oxygen atoms in total. The van der Waals surface area contributed by atoms with Gasteiger partial charge in [-0.25, -0.2) is 8.42 Å². The maximum absolute atomic E-state index is 12.6. The summed E-state index contributed by atoms with van der Waals surface area (Å²) in [5, 5.41) is 10.2. The summed E-state index contributed by atoms with van der Waals surface area (Å²) in [4.78, 5) is 36.8. The Hall–Kier alpha value is -3.49. The maximum Gasteiger partial charge on any atom is 0.573 e. The van der Waals surface area contributed by atoms with Crippen LogP contribution in [0.15, 0.2) is 53.4 Å². The molecular formula is C19H16F3N3O7S. The van der Waals surface area contributed by atoms with Crippen LogP contribution in [0.2, 0.25) is 0 Å². The van der Waals surface area contributed by atoms with Gasteiger partial charge in [0.05, 0.1) is 16.0 Å². The van der Waals surface area contributed by atoms with Crippen molar-refractivity contribution >= 4 is 27.7 Å². The fraction of sp³-hybridized carbons (Fsp3) is 0.211. The highest BCUT2D eigenvalue weighted by atomic mass is 32.2. The van der Waals surface area contributed by atoms with Crippen molar-refractivity contribution in [3.05, 3.63) is 59.7 Å². The van der Waals surface area contributed by atoms with Crippen LogP contribution in [-0.4, -0.2) is 59.7 Å². The first kappa shape index (κ1) is 24.2. The Morgan fingerprint density at radius 3 is 2.03 bits per heavy atom. The van der Waals surface area contributed by atoms with E-state index in [1.54, 1.807) is 12.1 Å². The highest BCUT2D eigenvalue weighted by Gasteiger charge is 2.39. The summed E-state index contributed by atoms with van der Waals surface area (Å²) >= 11 is 0. The Morgan fingerprint density at radius 2 is 1.58 bits per heavy atom.